The quantitative estimate of drug-likeness (QED) is 0.450. The van der Waals surface area contributed by atoms with Crippen molar-refractivity contribution in [2.24, 2.45) is 0 Å². The average Bonchev–Trinajstić information content (AvgIpc) is 2.62. The van der Waals surface area contributed by atoms with Gasteiger partial charge in [-0.1, -0.05) is 0 Å². The Kier molecular flexibility index (Phi) is 7.75. The highest BCUT2D eigenvalue weighted by atomic mass is 35.5. The first kappa shape index (κ1) is 21.0. The second-order valence-corrected chi connectivity index (χ2v) is 6.47. The number of benzene rings is 1. The molecule has 0 aromatic heterocycles. The summed E-state index contributed by atoms with van der Waals surface area (Å²) in [6.45, 7) is 1.23. The molecule has 26 heavy (non-hydrogen) atoms. The fourth-order valence-electron chi connectivity index (χ4n) is 2.59. The predicted octanol–water partition coefficient (Wildman–Crippen LogP) is 0.242. The number of carboxylic acid groups (broad SMARTS) is 1. The summed E-state index contributed by atoms with van der Waals surface area (Å²) in [7, 11) is 0. The number of carbonyl (C=O) groups is 1. The van der Waals surface area contributed by atoms with Gasteiger partial charge >= 0.3 is 5.97 Å². The van der Waals surface area contributed by atoms with E-state index in [0.717, 1.165) is 5.69 Å². The highest BCUT2D eigenvalue weighted by Gasteiger charge is 2.48. The zero-order chi connectivity index (χ0) is 19.3. The maximum atomic E-state index is 11.1. The molecule has 1 saturated heterocycles. The van der Waals surface area contributed by atoms with Gasteiger partial charge in [0.25, 0.3) is 0 Å². The Morgan fingerprint density at radius 1 is 1.04 bits per heavy atom. The molecule has 10 heteroatoms. The second-order valence-electron chi connectivity index (χ2n) is 5.71. The van der Waals surface area contributed by atoms with Crippen LogP contribution in [0.25, 0.3) is 0 Å². The Hall–Kier alpha value is -1.29. The van der Waals surface area contributed by atoms with E-state index in [9.17, 15) is 20.1 Å². The zero-order valence-electron chi connectivity index (χ0n) is 13.7. The van der Waals surface area contributed by atoms with Crippen molar-refractivity contribution in [1.29, 1.82) is 0 Å². The van der Waals surface area contributed by atoms with Crippen molar-refractivity contribution < 1.29 is 34.7 Å². The van der Waals surface area contributed by atoms with Crippen LogP contribution in [-0.4, -0.2) is 82.0 Å². The van der Waals surface area contributed by atoms with Crippen molar-refractivity contribution in [2.75, 3.05) is 29.7 Å². The van der Waals surface area contributed by atoms with Gasteiger partial charge in [-0.3, -0.25) is 0 Å². The molecule has 0 unspecified atom stereocenters. The largest absolute Gasteiger partial charge is 0.479 e. The van der Waals surface area contributed by atoms with Gasteiger partial charge in [0.1, 0.15) is 24.1 Å². The number of carboxylic acids is 1. The van der Waals surface area contributed by atoms with E-state index in [4.69, 9.17) is 37.8 Å². The molecule has 4 N–H and O–H groups in total. The number of anilines is 1. The van der Waals surface area contributed by atoms with Crippen molar-refractivity contribution >= 4 is 34.9 Å². The molecule has 146 valence electrons. The molecule has 2 rings (SSSR count). The Morgan fingerprint density at radius 2 is 1.62 bits per heavy atom. The first-order valence-corrected chi connectivity index (χ1v) is 9.02. The van der Waals surface area contributed by atoms with E-state index >= 15 is 0 Å². The molecule has 1 aliphatic rings. The van der Waals surface area contributed by atoms with Crippen molar-refractivity contribution in [2.45, 2.75) is 30.7 Å². The molecule has 0 amide bonds. The van der Waals surface area contributed by atoms with Gasteiger partial charge < -0.3 is 34.8 Å². The molecule has 1 heterocycles. The SMILES string of the molecule is O=C(O)[C@H]1O[C@@H](Oc2ccc(N(CCCl)CCCl)cc2)[C@H](O)[C@@H](O)[C@@H]1O. The van der Waals surface area contributed by atoms with E-state index in [2.05, 4.69) is 0 Å². The molecule has 1 aromatic rings. The molecular weight excluding hydrogens is 389 g/mol. The van der Waals surface area contributed by atoms with Gasteiger partial charge in [-0.05, 0) is 24.3 Å². The fraction of sp³-hybridized carbons (Fsp3) is 0.562. The minimum atomic E-state index is -1.76. The lowest BCUT2D eigenvalue weighted by molar-refractivity contribution is -0.271. The van der Waals surface area contributed by atoms with E-state index in [1.165, 1.54) is 0 Å². The summed E-state index contributed by atoms with van der Waals surface area (Å²) in [5.74, 6) is -0.297. The minimum absolute atomic E-state index is 0.294. The number of hydrogen-bond acceptors (Lipinski definition) is 7. The first-order chi connectivity index (χ1) is 12.4. The summed E-state index contributed by atoms with van der Waals surface area (Å²) in [5, 5.41) is 38.5. The molecule has 0 aliphatic carbocycles. The molecule has 0 spiro atoms. The summed E-state index contributed by atoms with van der Waals surface area (Å²) < 4.78 is 10.5. The normalized spacial score (nSPS) is 28.6. The third kappa shape index (κ3) is 4.91. The van der Waals surface area contributed by atoms with Gasteiger partial charge in [-0.25, -0.2) is 4.79 Å². The Morgan fingerprint density at radius 3 is 2.12 bits per heavy atom. The monoisotopic (exact) mass is 409 g/mol. The van der Waals surface area contributed by atoms with Crippen LogP contribution in [0.15, 0.2) is 24.3 Å². The topological polar surface area (TPSA) is 120 Å². The summed E-state index contributed by atoms with van der Waals surface area (Å²) in [5.41, 5.74) is 0.864. The maximum absolute atomic E-state index is 11.1. The third-order valence-electron chi connectivity index (χ3n) is 3.98. The number of aliphatic hydroxyl groups excluding tert-OH is 3. The summed E-state index contributed by atoms with van der Waals surface area (Å²) in [6, 6.07) is 6.72. The fourth-order valence-corrected chi connectivity index (χ4v) is 3.00. The highest BCUT2D eigenvalue weighted by Crippen LogP contribution is 2.26. The van der Waals surface area contributed by atoms with Crippen molar-refractivity contribution in [3.8, 4) is 5.75 Å². The summed E-state index contributed by atoms with van der Waals surface area (Å²) in [6.07, 6.45) is -8.23. The zero-order valence-corrected chi connectivity index (χ0v) is 15.3. The van der Waals surface area contributed by atoms with E-state index < -0.39 is 36.7 Å². The number of alkyl halides is 2. The van der Waals surface area contributed by atoms with Gasteiger partial charge in [0.2, 0.25) is 6.29 Å². The summed E-state index contributed by atoms with van der Waals surface area (Å²) in [4.78, 5) is 13.1. The first-order valence-electron chi connectivity index (χ1n) is 7.95. The second kappa shape index (κ2) is 9.59. The Labute approximate surface area is 160 Å². The summed E-state index contributed by atoms with van der Waals surface area (Å²) >= 11 is 11.6. The number of ether oxygens (including phenoxy) is 2. The van der Waals surface area contributed by atoms with Gasteiger partial charge in [0, 0.05) is 30.5 Å². The molecule has 5 atom stereocenters. The molecule has 8 nitrogen and oxygen atoms in total. The lowest BCUT2D eigenvalue weighted by atomic mass is 9.99. The predicted molar refractivity (Wildman–Crippen MR) is 95.0 cm³/mol. The molecule has 0 bridgehead atoms. The van der Waals surface area contributed by atoms with Crippen LogP contribution in [0.3, 0.4) is 0 Å². The number of aliphatic hydroxyl groups is 3. The molecule has 1 aromatic carbocycles. The number of nitrogens with zero attached hydrogens (tertiary/aromatic N) is 1. The highest BCUT2D eigenvalue weighted by molar-refractivity contribution is 6.18. The molecule has 0 radical (unpaired) electrons. The smallest absolute Gasteiger partial charge is 0.335 e. The van der Waals surface area contributed by atoms with Gasteiger partial charge in [-0.2, -0.15) is 0 Å². The number of halogens is 2. The maximum Gasteiger partial charge on any atom is 0.335 e. The van der Waals surface area contributed by atoms with E-state index in [1.54, 1.807) is 24.3 Å². The van der Waals surface area contributed by atoms with Gasteiger partial charge in [-0.15, -0.1) is 23.2 Å². The molecule has 0 saturated carbocycles. The lowest BCUT2D eigenvalue weighted by Crippen LogP contribution is -2.61. The van der Waals surface area contributed by atoms with E-state index in [1.807, 2.05) is 4.90 Å². The number of aliphatic carboxylic acids is 1. The van der Waals surface area contributed by atoms with Crippen LogP contribution in [0.1, 0.15) is 0 Å². The van der Waals surface area contributed by atoms with Crippen LogP contribution in [0.2, 0.25) is 0 Å². The van der Waals surface area contributed by atoms with Crippen LogP contribution < -0.4 is 9.64 Å². The van der Waals surface area contributed by atoms with Crippen molar-refractivity contribution in [3.63, 3.8) is 0 Å². The van der Waals surface area contributed by atoms with Crippen molar-refractivity contribution in [1.82, 2.24) is 0 Å². The van der Waals surface area contributed by atoms with Crippen LogP contribution in [0.5, 0.6) is 5.75 Å². The van der Waals surface area contributed by atoms with Crippen molar-refractivity contribution in [3.05, 3.63) is 24.3 Å². The van der Waals surface area contributed by atoms with E-state index in [-0.39, 0.29) is 0 Å². The minimum Gasteiger partial charge on any atom is -0.479 e. The van der Waals surface area contributed by atoms with Gasteiger partial charge in [0.05, 0.1) is 0 Å². The molecule has 1 fully saturated rings. The third-order valence-corrected chi connectivity index (χ3v) is 4.31. The average molecular weight is 410 g/mol. The standard InChI is InChI=1S/C16H21Cl2NO7/c17-5-7-19(8-6-18)9-1-3-10(4-2-9)25-16-13(22)11(20)12(21)14(26-16)15(23)24/h1-4,11-14,16,20-22H,5-8H2,(H,23,24)/t11-,12-,13+,14-,16+/m0/s1. The Bertz CT molecular complexity index is 582. The number of rotatable bonds is 8. The van der Waals surface area contributed by atoms with Crippen LogP contribution in [0, 0.1) is 0 Å². The number of hydrogen-bond donors (Lipinski definition) is 4. The van der Waals surface area contributed by atoms with Gasteiger partial charge in [0.15, 0.2) is 6.10 Å². The van der Waals surface area contributed by atoms with E-state index in [0.29, 0.717) is 30.6 Å². The lowest BCUT2D eigenvalue weighted by Gasteiger charge is -2.38. The molecule has 1 aliphatic heterocycles. The van der Waals surface area contributed by atoms with Crippen LogP contribution in [-0.2, 0) is 9.53 Å². The molecular formula is C16H21Cl2NO7. The van der Waals surface area contributed by atoms with Crippen LogP contribution in [0.4, 0.5) is 5.69 Å². The van der Waals surface area contributed by atoms with Crippen LogP contribution >= 0.6 is 23.2 Å². The Balaban J connectivity index is 2.08.